The van der Waals surface area contributed by atoms with Crippen molar-refractivity contribution < 1.29 is 9.59 Å². The molecule has 0 saturated heterocycles. The molecule has 3 aromatic rings. The summed E-state index contributed by atoms with van der Waals surface area (Å²) in [5.41, 5.74) is 1.50. The summed E-state index contributed by atoms with van der Waals surface area (Å²) in [7, 11) is 0. The molecule has 27 heavy (non-hydrogen) atoms. The van der Waals surface area contributed by atoms with Crippen LogP contribution in [0.25, 0.3) is 10.8 Å². The van der Waals surface area contributed by atoms with Crippen molar-refractivity contribution in [3.05, 3.63) is 53.7 Å². The van der Waals surface area contributed by atoms with Gasteiger partial charge in [-0.15, -0.1) is 5.10 Å². The molecule has 0 aliphatic carbocycles. The number of carbonyl (C=O) groups excluding carboxylic acids is 2. The Morgan fingerprint density at radius 2 is 1.81 bits per heavy atom. The van der Waals surface area contributed by atoms with Gasteiger partial charge in [0.2, 0.25) is 11.8 Å². The number of aromatic nitrogens is 3. The minimum absolute atomic E-state index is 0.0715. The molecule has 2 amide bonds. The van der Waals surface area contributed by atoms with Crippen LogP contribution in [0.2, 0.25) is 0 Å². The zero-order valence-electron chi connectivity index (χ0n) is 15.6. The maximum Gasteiger partial charge on any atom is 0.248 e. The maximum absolute atomic E-state index is 12.6. The number of H-pyrrole nitrogens is 1. The lowest BCUT2D eigenvalue weighted by Gasteiger charge is -2.21. The predicted molar refractivity (Wildman–Crippen MR) is 104 cm³/mol. The van der Waals surface area contributed by atoms with Crippen molar-refractivity contribution in [2.75, 3.05) is 5.32 Å². The van der Waals surface area contributed by atoms with E-state index in [1.165, 1.54) is 0 Å². The summed E-state index contributed by atoms with van der Waals surface area (Å²) in [6.07, 6.45) is 0.213. The number of carbonyl (C=O) groups is 2. The lowest BCUT2D eigenvalue weighted by molar-refractivity contribution is -0.127. The first kappa shape index (κ1) is 18.6. The Morgan fingerprint density at radius 3 is 2.48 bits per heavy atom. The van der Waals surface area contributed by atoms with E-state index in [9.17, 15) is 9.59 Å². The standard InChI is InChI=1S/C20H23N5O2/c1-12(2)18(20(27)22-19-13(3)23-25-24-19)21-17(26)11-14-8-9-15-6-4-5-7-16(15)10-14/h4-10,12,18H,11H2,1-3H3,(H,21,26)(H2,22,23,24,25,27). The topological polar surface area (TPSA) is 99.8 Å². The number of hydrogen-bond acceptors (Lipinski definition) is 4. The smallest absolute Gasteiger partial charge is 0.248 e. The highest BCUT2D eigenvalue weighted by atomic mass is 16.2. The molecule has 0 fully saturated rings. The van der Waals surface area contributed by atoms with Gasteiger partial charge in [-0.1, -0.05) is 56.3 Å². The molecular formula is C20H23N5O2. The van der Waals surface area contributed by atoms with Crippen LogP contribution in [0.15, 0.2) is 42.5 Å². The minimum atomic E-state index is -0.658. The molecule has 0 aliphatic heterocycles. The molecule has 2 aromatic carbocycles. The molecular weight excluding hydrogens is 342 g/mol. The molecule has 0 spiro atoms. The molecule has 0 saturated carbocycles. The summed E-state index contributed by atoms with van der Waals surface area (Å²) in [6.45, 7) is 5.51. The summed E-state index contributed by atoms with van der Waals surface area (Å²) < 4.78 is 0. The molecule has 7 heteroatoms. The molecule has 1 aromatic heterocycles. The van der Waals surface area contributed by atoms with Crippen LogP contribution in [0, 0.1) is 12.8 Å². The molecule has 7 nitrogen and oxygen atoms in total. The molecule has 140 valence electrons. The lowest BCUT2D eigenvalue weighted by atomic mass is 10.0. The SMILES string of the molecule is Cc1n[nH]nc1NC(=O)C(NC(=O)Cc1ccc2ccccc2c1)C(C)C. The normalized spacial score (nSPS) is 12.1. The number of amides is 2. The molecule has 0 radical (unpaired) electrons. The molecule has 3 N–H and O–H groups in total. The minimum Gasteiger partial charge on any atom is -0.344 e. The van der Waals surface area contributed by atoms with E-state index in [1.807, 2.05) is 56.3 Å². The molecule has 0 bridgehead atoms. The van der Waals surface area contributed by atoms with Gasteiger partial charge in [-0.2, -0.15) is 10.3 Å². The van der Waals surface area contributed by atoms with Gasteiger partial charge in [0, 0.05) is 0 Å². The van der Waals surface area contributed by atoms with E-state index in [4.69, 9.17) is 0 Å². The van der Waals surface area contributed by atoms with E-state index in [2.05, 4.69) is 26.0 Å². The number of benzene rings is 2. The Bertz CT molecular complexity index is 964. The average molecular weight is 365 g/mol. The molecule has 0 aliphatic rings. The Kier molecular flexibility index (Phi) is 5.49. The van der Waals surface area contributed by atoms with Gasteiger partial charge in [0.25, 0.3) is 0 Å². The second-order valence-corrected chi connectivity index (χ2v) is 6.89. The van der Waals surface area contributed by atoms with Crippen molar-refractivity contribution in [2.45, 2.75) is 33.2 Å². The van der Waals surface area contributed by atoms with Gasteiger partial charge in [0.15, 0.2) is 5.82 Å². The largest absolute Gasteiger partial charge is 0.344 e. The van der Waals surface area contributed by atoms with Crippen molar-refractivity contribution in [1.29, 1.82) is 0 Å². The van der Waals surface area contributed by atoms with Crippen LogP contribution in [-0.4, -0.2) is 33.3 Å². The van der Waals surface area contributed by atoms with Crippen LogP contribution in [-0.2, 0) is 16.0 Å². The first-order valence-corrected chi connectivity index (χ1v) is 8.89. The second kappa shape index (κ2) is 7.99. The highest BCUT2D eigenvalue weighted by Gasteiger charge is 2.25. The first-order valence-electron chi connectivity index (χ1n) is 8.89. The van der Waals surface area contributed by atoms with Crippen molar-refractivity contribution in [2.24, 2.45) is 5.92 Å². The van der Waals surface area contributed by atoms with Crippen LogP contribution < -0.4 is 10.6 Å². The summed E-state index contributed by atoms with van der Waals surface area (Å²) in [5, 5.41) is 18.0. The Labute approximate surface area is 157 Å². The Morgan fingerprint density at radius 1 is 1.07 bits per heavy atom. The fraction of sp³-hybridized carbons (Fsp3) is 0.300. The highest BCUT2D eigenvalue weighted by Crippen LogP contribution is 2.16. The zero-order chi connectivity index (χ0) is 19.4. The van der Waals surface area contributed by atoms with Crippen LogP contribution in [0.3, 0.4) is 0 Å². The summed E-state index contributed by atoms with van der Waals surface area (Å²) in [6, 6.07) is 13.3. The van der Waals surface area contributed by atoms with Crippen molar-refractivity contribution in [1.82, 2.24) is 20.7 Å². The third kappa shape index (κ3) is 4.49. The van der Waals surface area contributed by atoms with E-state index in [0.717, 1.165) is 16.3 Å². The Hall–Kier alpha value is -3.22. The monoisotopic (exact) mass is 365 g/mol. The maximum atomic E-state index is 12.6. The number of rotatable bonds is 6. The fourth-order valence-electron chi connectivity index (χ4n) is 2.89. The van der Waals surface area contributed by atoms with Gasteiger partial charge >= 0.3 is 0 Å². The number of nitrogens with zero attached hydrogens (tertiary/aromatic N) is 2. The number of nitrogens with one attached hydrogen (secondary N) is 3. The number of aryl methyl sites for hydroxylation is 1. The van der Waals surface area contributed by atoms with Gasteiger partial charge in [-0.05, 0) is 29.2 Å². The van der Waals surface area contributed by atoms with Crippen LogP contribution in [0.4, 0.5) is 5.82 Å². The number of anilines is 1. The van der Waals surface area contributed by atoms with Gasteiger partial charge < -0.3 is 10.6 Å². The van der Waals surface area contributed by atoms with E-state index < -0.39 is 6.04 Å². The third-order valence-electron chi connectivity index (χ3n) is 4.41. The first-order chi connectivity index (χ1) is 12.9. The summed E-state index contributed by atoms with van der Waals surface area (Å²) in [5.74, 6) is -0.211. The molecule has 1 unspecified atom stereocenters. The lowest BCUT2D eigenvalue weighted by Crippen LogP contribution is -2.47. The number of aromatic amines is 1. The van der Waals surface area contributed by atoms with Crippen LogP contribution >= 0.6 is 0 Å². The molecule has 3 rings (SSSR count). The van der Waals surface area contributed by atoms with Gasteiger partial charge in [-0.25, -0.2) is 0 Å². The molecule has 1 heterocycles. The van der Waals surface area contributed by atoms with Crippen LogP contribution in [0.1, 0.15) is 25.1 Å². The second-order valence-electron chi connectivity index (χ2n) is 6.89. The number of fused-ring (bicyclic) bond motifs is 1. The van der Waals surface area contributed by atoms with Crippen molar-refractivity contribution in [3.8, 4) is 0 Å². The fourth-order valence-corrected chi connectivity index (χ4v) is 2.89. The van der Waals surface area contributed by atoms with Crippen molar-refractivity contribution in [3.63, 3.8) is 0 Å². The average Bonchev–Trinajstić information content (AvgIpc) is 3.04. The van der Waals surface area contributed by atoms with Crippen molar-refractivity contribution >= 4 is 28.4 Å². The predicted octanol–water partition coefficient (Wildman–Crippen LogP) is 2.59. The van der Waals surface area contributed by atoms with E-state index in [1.54, 1.807) is 6.92 Å². The zero-order valence-corrected chi connectivity index (χ0v) is 15.6. The summed E-state index contributed by atoms with van der Waals surface area (Å²) in [4.78, 5) is 25.1. The summed E-state index contributed by atoms with van der Waals surface area (Å²) >= 11 is 0. The Balaban J connectivity index is 1.67. The van der Waals surface area contributed by atoms with Gasteiger partial charge in [0.05, 0.1) is 6.42 Å². The van der Waals surface area contributed by atoms with E-state index in [0.29, 0.717) is 11.5 Å². The van der Waals surface area contributed by atoms with Crippen LogP contribution in [0.5, 0.6) is 0 Å². The van der Waals surface area contributed by atoms with E-state index in [-0.39, 0.29) is 24.2 Å². The quantitative estimate of drug-likeness (QED) is 0.625. The van der Waals surface area contributed by atoms with E-state index >= 15 is 0 Å². The molecule has 1 atom stereocenters. The van der Waals surface area contributed by atoms with Gasteiger partial charge in [0.1, 0.15) is 11.7 Å². The number of hydrogen-bond donors (Lipinski definition) is 3. The van der Waals surface area contributed by atoms with Gasteiger partial charge in [-0.3, -0.25) is 9.59 Å². The highest BCUT2D eigenvalue weighted by molar-refractivity contribution is 5.97. The third-order valence-corrected chi connectivity index (χ3v) is 4.41.